The van der Waals surface area contributed by atoms with Crippen molar-refractivity contribution < 1.29 is 55.2 Å². The molecule has 0 saturated heterocycles. The number of ether oxygens (including phenoxy) is 3. The predicted octanol–water partition coefficient (Wildman–Crippen LogP) is 5.30. The summed E-state index contributed by atoms with van der Waals surface area (Å²) in [5.74, 6) is -2.90. The van der Waals surface area contributed by atoms with Crippen LogP contribution >= 0.6 is 0 Å². The SMILES string of the molecule is O=C(Nc1cccc(OC(F)(F)F)c1)NC1CCC(Oc2ccc(OC(F)(F)F)cc2C(=O)O)C1. The average molecular weight is 508 g/mol. The minimum Gasteiger partial charge on any atom is -0.489 e. The van der Waals surface area contributed by atoms with Gasteiger partial charge in [0.2, 0.25) is 0 Å². The van der Waals surface area contributed by atoms with Gasteiger partial charge < -0.3 is 30.0 Å². The van der Waals surface area contributed by atoms with Crippen LogP contribution < -0.4 is 24.8 Å². The van der Waals surface area contributed by atoms with Crippen LogP contribution in [-0.2, 0) is 0 Å². The van der Waals surface area contributed by atoms with Gasteiger partial charge in [-0.25, -0.2) is 9.59 Å². The molecular formula is C21H18F6N2O6. The zero-order chi connectivity index (χ0) is 25.8. The van der Waals surface area contributed by atoms with E-state index in [-0.39, 0.29) is 17.9 Å². The van der Waals surface area contributed by atoms with E-state index in [2.05, 4.69) is 20.1 Å². The number of alkyl halides is 6. The fourth-order valence-corrected chi connectivity index (χ4v) is 3.46. The minimum atomic E-state index is -4.99. The molecule has 2 amide bonds. The Hall–Kier alpha value is -3.84. The first-order valence-corrected chi connectivity index (χ1v) is 10.0. The molecule has 0 spiro atoms. The second-order valence-corrected chi connectivity index (χ2v) is 7.43. The minimum absolute atomic E-state index is 0.0577. The lowest BCUT2D eigenvalue weighted by atomic mass is 10.2. The van der Waals surface area contributed by atoms with Gasteiger partial charge in [0.25, 0.3) is 0 Å². The quantitative estimate of drug-likeness (QED) is 0.438. The number of hydrogen-bond donors (Lipinski definition) is 3. The average Bonchev–Trinajstić information content (AvgIpc) is 3.13. The molecule has 1 aliphatic rings. The van der Waals surface area contributed by atoms with Crippen LogP contribution in [0, 0.1) is 0 Å². The molecule has 2 aromatic carbocycles. The molecule has 0 aromatic heterocycles. The van der Waals surface area contributed by atoms with E-state index in [0.29, 0.717) is 18.9 Å². The Morgan fingerprint density at radius 3 is 2.20 bits per heavy atom. The van der Waals surface area contributed by atoms with Crippen LogP contribution in [0.5, 0.6) is 17.2 Å². The van der Waals surface area contributed by atoms with Gasteiger partial charge in [0, 0.05) is 24.2 Å². The number of halogens is 6. The standard InChI is InChI=1S/C21H18F6N2O6/c22-20(23,24)34-14-3-1-2-11(9-14)28-19(32)29-12-4-5-13(8-12)33-17-7-6-15(35-21(25,26)27)10-16(17)18(30)31/h1-3,6-7,9-10,12-13H,4-5,8H2,(H,30,31)(H2,28,29,32). The van der Waals surface area contributed by atoms with E-state index in [0.717, 1.165) is 24.3 Å². The first-order valence-electron chi connectivity index (χ1n) is 10.0. The summed E-state index contributed by atoms with van der Waals surface area (Å²) in [6.07, 6.45) is -9.32. The number of rotatable bonds is 7. The molecule has 1 aliphatic carbocycles. The maximum atomic E-state index is 12.4. The zero-order valence-corrected chi connectivity index (χ0v) is 17.6. The van der Waals surface area contributed by atoms with Crippen LogP contribution in [-0.4, -0.2) is 42.0 Å². The van der Waals surface area contributed by atoms with Crippen molar-refractivity contribution in [3.63, 3.8) is 0 Å². The lowest BCUT2D eigenvalue weighted by Gasteiger charge is -2.18. The Bertz CT molecular complexity index is 1080. The molecule has 0 aliphatic heterocycles. The smallest absolute Gasteiger partial charge is 0.489 e. The van der Waals surface area contributed by atoms with Crippen LogP contribution in [0.2, 0.25) is 0 Å². The summed E-state index contributed by atoms with van der Waals surface area (Å²) in [4.78, 5) is 23.7. The first kappa shape index (κ1) is 25.8. The number of urea groups is 1. The summed E-state index contributed by atoms with van der Waals surface area (Å²) in [7, 11) is 0. The molecule has 2 atom stereocenters. The van der Waals surface area contributed by atoms with Crippen LogP contribution in [0.3, 0.4) is 0 Å². The Kier molecular flexibility index (Phi) is 7.51. The molecule has 2 unspecified atom stereocenters. The second kappa shape index (κ2) is 10.2. The molecule has 35 heavy (non-hydrogen) atoms. The first-order chi connectivity index (χ1) is 16.3. The van der Waals surface area contributed by atoms with E-state index < -0.39 is 53.9 Å². The molecule has 2 aromatic rings. The molecule has 1 fully saturated rings. The lowest BCUT2D eigenvalue weighted by molar-refractivity contribution is -0.275. The molecule has 0 heterocycles. The lowest BCUT2D eigenvalue weighted by Crippen LogP contribution is -2.37. The Morgan fingerprint density at radius 1 is 0.914 bits per heavy atom. The molecule has 8 nitrogen and oxygen atoms in total. The van der Waals surface area contributed by atoms with Crippen molar-refractivity contribution in [2.45, 2.75) is 44.1 Å². The largest absolute Gasteiger partial charge is 0.573 e. The highest BCUT2D eigenvalue weighted by Gasteiger charge is 2.33. The zero-order valence-electron chi connectivity index (χ0n) is 17.6. The molecule has 3 rings (SSSR count). The van der Waals surface area contributed by atoms with Gasteiger partial charge in [-0.15, -0.1) is 26.3 Å². The molecule has 0 radical (unpaired) electrons. The Balaban J connectivity index is 1.56. The number of carbonyl (C=O) groups is 2. The number of carboxylic acid groups (broad SMARTS) is 1. The van der Waals surface area contributed by atoms with Crippen molar-refractivity contribution >= 4 is 17.7 Å². The summed E-state index contributed by atoms with van der Waals surface area (Å²) in [6, 6.07) is 6.26. The van der Waals surface area contributed by atoms with Crippen molar-refractivity contribution in [2.24, 2.45) is 0 Å². The van der Waals surface area contributed by atoms with Gasteiger partial charge in [0.15, 0.2) is 0 Å². The van der Waals surface area contributed by atoms with Crippen molar-refractivity contribution in [3.05, 3.63) is 48.0 Å². The molecule has 1 saturated carbocycles. The van der Waals surface area contributed by atoms with Crippen molar-refractivity contribution in [2.75, 3.05) is 5.32 Å². The normalized spacial score (nSPS) is 18.0. The topological polar surface area (TPSA) is 106 Å². The van der Waals surface area contributed by atoms with Gasteiger partial charge in [0.1, 0.15) is 28.9 Å². The number of nitrogens with one attached hydrogen (secondary N) is 2. The van der Waals surface area contributed by atoms with Crippen molar-refractivity contribution in [1.82, 2.24) is 5.32 Å². The number of hydrogen-bond acceptors (Lipinski definition) is 5. The summed E-state index contributed by atoms with van der Waals surface area (Å²) < 4.78 is 87.3. The molecule has 0 bridgehead atoms. The number of aromatic carboxylic acids is 1. The highest BCUT2D eigenvalue weighted by Crippen LogP contribution is 2.32. The Labute approximate surface area is 193 Å². The molecule has 190 valence electrons. The van der Waals surface area contributed by atoms with Crippen LogP contribution in [0.15, 0.2) is 42.5 Å². The van der Waals surface area contributed by atoms with Gasteiger partial charge in [-0.3, -0.25) is 0 Å². The molecular weight excluding hydrogens is 490 g/mol. The highest BCUT2D eigenvalue weighted by molar-refractivity contribution is 5.91. The van der Waals surface area contributed by atoms with Gasteiger partial charge in [0.05, 0.1) is 0 Å². The van der Waals surface area contributed by atoms with Gasteiger partial charge in [-0.2, -0.15) is 0 Å². The fraction of sp³-hybridized carbons (Fsp3) is 0.333. The Morgan fingerprint density at radius 2 is 1.57 bits per heavy atom. The third kappa shape index (κ3) is 8.15. The predicted molar refractivity (Wildman–Crippen MR) is 107 cm³/mol. The number of anilines is 1. The third-order valence-corrected chi connectivity index (χ3v) is 4.75. The summed E-state index contributed by atoms with van der Waals surface area (Å²) in [6.45, 7) is 0. The maximum Gasteiger partial charge on any atom is 0.573 e. The third-order valence-electron chi connectivity index (χ3n) is 4.75. The highest BCUT2D eigenvalue weighted by atomic mass is 19.4. The number of amides is 2. The second-order valence-electron chi connectivity index (χ2n) is 7.43. The number of carboxylic acids is 1. The van der Waals surface area contributed by atoms with E-state index in [9.17, 15) is 41.0 Å². The van der Waals surface area contributed by atoms with Crippen molar-refractivity contribution in [3.8, 4) is 17.2 Å². The van der Waals surface area contributed by atoms with Gasteiger partial charge >= 0.3 is 24.7 Å². The van der Waals surface area contributed by atoms with Gasteiger partial charge in [-0.1, -0.05) is 6.07 Å². The fourth-order valence-electron chi connectivity index (χ4n) is 3.46. The van der Waals surface area contributed by atoms with E-state index in [4.69, 9.17) is 4.74 Å². The number of benzene rings is 2. The van der Waals surface area contributed by atoms with E-state index in [1.54, 1.807) is 0 Å². The monoisotopic (exact) mass is 508 g/mol. The van der Waals surface area contributed by atoms with Crippen LogP contribution in [0.4, 0.5) is 36.8 Å². The van der Waals surface area contributed by atoms with E-state index >= 15 is 0 Å². The van der Waals surface area contributed by atoms with Gasteiger partial charge in [-0.05, 0) is 43.2 Å². The van der Waals surface area contributed by atoms with E-state index in [1.807, 2.05) is 0 Å². The maximum absolute atomic E-state index is 12.4. The van der Waals surface area contributed by atoms with Crippen LogP contribution in [0.1, 0.15) is 29.6 Å². The molecule has 14 heteroatoms. The number of carbonyl (C=O) groups excluding carboxylic acids is 1. The summed E-state index contributed by atoms with van der Waals surface area (Å²) >= 11 is 0. The summed E-state index contributed by atoms with van der Waals surface area (Å²) in [5.41, 5.74) is -0.468. The van der Waals surface area contributed by atoms with E-state index in [1.165, 1.54) is 12.1 Å². The summed E-state index contributed by atoms with van der Waals surface area (Å²) in [5, 5.41) is 14.3. The van der Waals surface area contributed by atoms with Crippen molar-refractivity contribution in [1.29, 1.82) is 0 Å². The van der Waals surface area contributed by atoms with Crippen LogP contribution in [0.25, 0.3) is 0 Å². The molecule has 3 N–H and O–H groups in total.